The molecule has 0 amide bonds. The number of halogens is 1. The number of ketones is 1. The van der Waals surface area contributed by atoms with Crippen LogP contribution in [0.15, 0.2) is 60.7 Å². The van der Waals surface area contributed by atoms with Crippen LogP contribution in [0, 0.1) is 0 Å². The third-order valence-corrected chi connectivity index (χ3v) is 5.38. The van der Waals surface area contributed by atoms with Crippen LogP contribution in [0.25, 0.3) is 6.08 Å². The van der Waals surface area contributed by atoms with Crippen LogP contribution in [0.4, 0.5) is 0 Å². The van der Waals surface area contributed by atoms with Crippen molar-refractivity contribution in [2.45, 2.75) is 20.5 Å². The molecule has 3 rings (SSSR count). The highest BCUT2D eigenvalue weighted by Gasteiger charge is 2.07. The van der Waals surface area contributed by atoms with Crippen LogP contribution in [0.2, 0.25) is 4.34 Å². The highest BCUT2D eigenvalue weighted by atomic mass is 35.5. The van der Waals surface area contributed by atoms with E-state index in [9.17, 15) is 4.79 Å². The number of hydrogen-bond donors (Lipinski definition) is 0. The van der Waals surface area contributed by atoms with E-state index in [1.807, 2.05) is 56.3 Å². The number of thiophene rings is 1. The quantitative estimate of drug-likeness (QED) is 0.259. The molecule has 3 aromatic rings. The van der Waals surface area contributed by atoms with Crippen molar-refractivity contribution in [3.63, 3.8) is 0 Å². The van der Waals surface area contributed by atoms with Crippen molar-refractivity contribution >= 4 is 34.8 Å². The zero-order valence-electron chi connectivity index (χ0n) is 16.9. The van der Waals surface area contributed by atoms with Crippen molar-refractivity contribution in [2.75, 3.05) is 13.2 Å². The predicted octanol–water partition coefficient (Wildman–Crippen LogP) is 6.67. The lowest BCUT2D eigenvalue weighted by atomic mass is 10.1. The average molecular weight is 443 g/mol. The second-order valence-electron chi connectivity index (χ2n) is 6.31. The van der Waals surface area contributed by atoms with Crippen LogP contribution < -0.4 is 14.2 Å². The van der Waals surface area contributed by atoms with E-state index < -0.39 is 0 Å². The Hall–Kier alpha value is -2.76. The van der Waals surface area contributed by atoms with E-state index in [1.54, 1.807) is 24.3 Å². The summed E-state index contributed by atoms with van der Waals surface area (Å²) in [5, 5.41) is 0. The molecular weight excluding hydrogens is 420 g/mol. The molecular formula is C24H23ClO4S. The number of benzene rings is 2. The van der Waals surface area contributed by atoms with Gasteiger partial charge in [0, 0.05) is 0 Å². The summed E-state index contributed by atoms with van der Waals surface area (Å²) in [4.78, 5) is 12.7. The fourth-order valence-corrected chi connectivity index (χ4v) is 3.69. The van der Waals surface area contributed by atoms with Crippen LogP contribution in [0.5, 0.6) is 17.2 Å². The van der Waals surface area contributed by atoms with Gasteiger partial charge in [-0.3, -0.25) is 4.79 Å². The van der Waals surface area contributed by atoms with Crippen molar-refractivity contribution in [3.05, 3.63) is 81.0 Å². The lowest BCUT2D eigenvalue weighted by Gasteiger charge is -2.13. The van der Waals surface area contributed by atoms with E-state index in [-0.39, 0.29) is 5.78 Å². The molecule has 0 unspecified atom stereocenters. The topological polar surface area (TPSA) is 44.8 Å². The highest BCUT2D eigenvalue weighted by Crippen LogP contribution is 2.29. The Morgan fingerprint density at radius 2 is 1.67 bits per heavy atom. The Bertz CT molecular complexity index is 1010. The molecule has 0 atom stereocenters. The van der Waals surface area contributed by atoms with Gasteiger partial charge in [0.25, 0.3) is 0 Å². The molecule has 2 aromatic carbocycles. The summed E-state index contributed by atoms with van der Waals surface area (Å²) in [5.41, 5.74) is 1.91. The van der Waals surface area contributed by atoms with E-state index >= 15 is 0 Å². The SMILES string of the molecule is CCOc1ccc(COc2ccc(/C=C/C(=O)c3ccc(Cl)s3)cc2)cc1OCC. The molecule has 6 heteroatoms. The van der Waals surface area contributed by atoms with Gasteiger partial charge in [0.15, 0.2) is 17.3 Å². The van der Waals surface area contributed by atoms with Crippen molar-refractivity contribution in [1.82, 2.24) is 0 Å². The first kappa shape index (κ1) is 21.9. The van der Waals surface area contributed by atoms with Crippen LogP contribution in [0.3, 0.4) is 0 Å². The zero-order chi connectivity index (χ0) is 21.3. The van der Waals surface area contributed by atoms with E-state index in [0.29, 0.717) is 29.0 Å². The van der Waals surface area contributed by atoms with E-state index in [2.05, 4.69) is 0 Å². The first-order chi connectivity index (χ1) is 14.6. The molecule has 0 N–H and O–H groups in total. The van der Waals surface area contributed by atoms with Crippen molar-refractivity contribution in [2.24, 2.45) is 0 Å². The number of ether oxygens (including phenoxy) is 3. The predicted molar refractivity (Wildman–Crippen MR) is 122 cm³/mol. The summed E-state index contributed by atoms with van der Waals surface area (Å²) in [7, 11) is 0. The Morgan fingerprint density at radius 1 is 0.933 bits per heavy atom. The van der Waals surface area contributed by atoms with Gasteiger partial charge in [0.2, 0.25) is 0 Å². The Labute approximate surface area is 185 Å². The maximum absolute atomic E-state index is 12.1. The van der Waals surface area contributed by atoms with E-state index in [4.69, 9.17) is 25.8 Å². The molecule has 0 radical (unpaired) electrons. The minimum atomic E-state index is -0.0622. The summed E-state index contributed by atoms with van der Waals surface area (Å²) in [6.07, 6.45) is 3.33. The fraction of sp³-hybridized carbons (Fsp3) is 0.208. The molecule has 30 heavy (non-hydrogen) atoms. The van der Waals surface area contributed by atoms with Gasteiger partial charge in [-0.1, -0.05) is 35.9 Å². The van der Waals surface area contributed by atoms with Crippen molar-refractivity contribution in [1.29, 1.82) is 0 Å². The van der Waals surface area contributed by atoms with Crippen LogP contribution in [-0.2, 0) is 6.61 Å². The maximum Gasteiger partial charge on any atom is 0.195 e. The molecule has 4 nitrogen and oxygen atoms in total. The highest BCUT2D eigenvalue weighted by molar-refractivity contribution is 7.18. The summed E-state index contributed by atoms with van der Waals surface area (Å²) in [5.74, 6) is 2.14. The molecule has 0 saturated carbocycles. The summed E-state index contributed by atoms with van der Waals surface area (Å²) >= 11 is 7.15. The third-order valence-electron chi connectivity index (χ3n) is 4.14. The first-order valence-electron chi connectivity index (χ1n) is 9.68. The van der Waals surface area contributed by atoms with E-state index in [1.165, 1.54) is 11.3 Å². The smallest absolute Gasteiger partial charge is 0.195 e. The molecule has 0 spiro atoms. The Morgan fingerprint density at radius 3 is 2.33 bits per heavy atom. The molecule has 0 bridgehead atoms. The maximum atomic E-state index is 12.1. The summed E-state index contributed by atoms with van der Waals surface area (Å²) in [6, 6.07) is 16.8. The second-order valence-corrected chi connectivity index (χ2v) is 8.02. The largest absolute Gasteiger partial charge is 0.490 e. The van der Waals surface area contributed by atoms with Gasteiger partial charge >= 0.3 is 0 Å². The normalized spacial score (nSPS) is 10.9. The van der Waals surface area contributed by atoms with Crippen LogP contribution in [-0.4, -0.2) is 19.0 Å². The standard InChI is InChI=1S/C24H23ClO4S/c1-3-27-21-12-8-18(15-22(21)28-4-2)16-29-19-9-5-17(6-10-19)7-11-20(26)23-13-14-24(25)30-23/h5-15H,3-4,16H2,1-2H3/b11-7+. The first-order valence-corrected chi connectivity index (χ1v) is 10.9. The average Bonchev–Trinajstić information content (AvgIpc) is 3.19. The molecule has 0 saturated heterocycles. The lowest BCUT2D eigenvalue weighted by molar-refractivity contribution is 0.105. The summed E-state index contributed by atoms with van der Waals surface area (Å²) in [6.45, 7) is 5.46. The molecule has 1 heterocycles. The van der Waals surface area contributed by atoms with E-state index in [0.717, 1.165) is 28.4 Å². The zero-order valence-corrected chi connectivity index (χ0v) is 18.5. The molecule has 156 valence electrons. The van der Waals surface area contributed by atoms with Gasteiger partial charge < -0.3 is 14.2 Å². The van der Waals surface area contributed by atoms with Gasteiger partial charge in [-0.15, -0.1) is 11.3 Å². The monoisotopic (exact) mass is 442 g/mol. The van der Waals surface area contributed by atoms with Gasteiger partial charge in [0.1, 0.15) is 12.4 Å². The van der Waals surface area contributed by atoms with Crippen molar-refractivity contribution in [3.8, 4) is 17.2 Å². The minimum Gasteiger partial charge on any atom is -0.490 e. The molecule has 1 aromatic heterocycles. The van der Waals surface area contributed by atoms with Crippen LogP contribution >= 0.6 is 22.9 Å². The molecule has 0 aliphatic carbocycles. The van der Waals surface area contributed by atoms with Crippen LogP contribution in [0.1, 0.15) is 34.6 Å². The molecule has 0 aliphatic rings. The number of rotatable bonds is 10. The number of hydrogen-bond acceptors (Lipinski definition) is 5. The number of allylic oxidation sites excluding steroid dienone is 1. The molecule has 0 aliphatic heterocycles. The third kappa shape index (κ3) is 6.12. The Kier molecular flexibility index (Phi) is 7.94. The lowest BCUT2D eigenvalue weighted by Crippen LogP contribution is -2.01. The van der Waals surface area contributed by atoms with Gasteiger partial charge in [-0.25, -0.2) is 0 Å². The number of carbonyl (C=O) groups is 1. The fourth-order valence-electron chi connectivity index (χ4n) is 2.73. The van der Waals surface area contributed by atoms with Crippen molar-refractivity contribution < 1.29 is 19.0 Å². The second kappa shape index (κ2) is 10.9. The number of carbonyl (C=O) groups excluding carboxylic acids is 1. The molecule has 0 fully saturated rings. The summed E-state index contributed by atoms with van der Waals surface area (Å²) < 4.78 is 17.7. The van der Waals surface area contributed by atoms with Gasteiger partial charge in [0.05, 0.1) is 22.4 Å². The van der Waals surface area contributed by atoms with Gasteiger partial charge in [-0.2, -0.15) is 0 Å². The minimum absolute atomic E-state index is 0.0622. The Balaban J connectivity index is 1.58. The van der Waals surface area contributed by atoms with Gasteiger partial charge in [-0.05, 0) is 67.4 Å².